The zero-order valence-electron chi connectivity index (χ0n) is 16.2. The number of carbonyl (C=O) groups excluding carboxylic acids is 2. The summed E-state index contributed by atoms with van der Waals surface area (Å²) in [5.74, 6) is -0.510. The molecule has 1 atom stereocenters. The van der Waals surface area contributed by atoms with Gasteiger partial charge in [0.2, 0.25) is 17.8 Å². The monoisotopic (exact) mass is 397 g/mol. The van der Waals surface area contributed by atoms with Crippen molar-refractivity contribution in [3.63, 3.8) is 0 Å². The lowest BCUT2D eigenvalue weighted by Gasteiger charge is -2.29. The van der Waals surface area contributed by atoms with Crippen LogP contribution in [-0.2, 0) is 9.59 Å². The van der Waals surface area contributed by atoms with Crippen LogP contribution in [0.15, 0.2) is 29.1 Å². The number of aromatic nitrogens is 2. The van der Waals surface area contributed by atoms with Crippen LogP contribution in [0.5, 0.6) is 5.75 Å². The summed E-state index contributed by atoms with van der Waals surface area (Å²) in [6, 6.07) is 6.89. The molecule has 9 nitrogen and oxygen atoms in total. The number of rotatable bonds is 4. The Labute approximate surface area is 167 Å². The lowest BCUT2D eigenvalue weighted by atomic mass is 9.92. The van der Waals surface area contributed by atoms with Crippen LogP contribution in [0.25, 0.3) is 0 Å². The number of ether oxygens (including phenoxy) is 1. The molecule has 0 radical (unpaired) electrons. The highest BCUT2D eigenvalue weighted by molar-refractivity contribution is 6.04. The smallest absolute Gasteiger partial charge is 0.258 e. The number of benzene rings is 1. The number of hydrogen-bond acceptors (Lipinski definition) is 6. The summed E-state index contributed by atoms with van der Waals surface area (Å²) in [5, 5.41) is 5.41. The number of H-pyrrole nitrogens is 1. The van der Waals surface area contributed by atoms with Crippen LogP contribution < -0.4 is 25.8 Å². The first-order valence-corrected chi connectivity index (χ1v) is 9.69. The highest BCUT2D eigenvalue weighted by atomic mass is 16.5. The third kappa shape index (κ3) is 3.94. The first-order valence-electron chi connectivity index (χ1n) is 9.69. The number of fused-ring (bicyclic) bond motifs is 1. The maximum Gasteiger partial charge on any atom is 0.258 e. The van der Waals surface area contributed by atoms with Crippen LogP contribution in [0.2, 0.25) is 0 Å². The molecular weight excluding hydrogens is 374 g/mol. The Balaban J connectivity index is 1.63. The van der Waals surface area contributed by atoms with E-state index in [2.05, 4.69) is 20.6 Å². The van der Waals surface area contributed by atoms with Gasteiger partial charge < -0.3 is 20.3 Å². The number of hydrogen-bond donors (Lipinski definition) is 3. The maximum absolute atomic E-state index is 12.9. The lowest BCUT2D eigenvalue weighted by Crippen LogP contribution is -2.38. The van der Waals surface area contributed by atoms with E-state index in [1.165, 1.54) is 7.11 Å². The highest BCUT2D eigenvalue weighted by Gasteiger charge is 2.35. The lowest BCUT2D eigenvalue weighted by molar-refractivity contribution is -0.123. The summed E-state index contributed by atoms with van der Waals surface area (Å²) in [6.45, 7) is 1.60. The van der Waals surface area contributed by atoms with Crippen molar-refractivity contribution < 1.29 is 14.3 Å². The van der Waals surface area contributed by atoms with Crippen LogP contribution in [0, 0.1) is 0 Å². The quantitative estimate of drug-likeness (QED) is 0.725. The molecule has 1 unspecified atom stereocenters. The number of nitrogens with one attached hydrogen (secondary N) is 3. The van der Waals surface area contributed by atoms with Gasteiger partial charge in [-0.15, -0.1) is 0 Å². The molecule has 152 valence electrons. The number of anilines is 3. The Kier molecular flexibility index (Phi) is 5.20. The third-order valence-corrected chi connectivity index (χ3v) is 5.25. The SMILES string of the molecule is COc1cccc(NC(=O)C2CC(=O)Nc3nc(N4CCCCC4)[nH]c(=O)c32)c1. The molecule has 3 heterocycles. The molecule has 3 N–H and O–H groups in total. The van der Waals surface area contributed by atoms with E-state index in [1.54, 1.807) is 24.3 Å². The van der Waals surface area contributed by atoms with Crippen molar-refractivity contribution in [1.82, 2.24) is 9.97 Å². The van der Waals surface area contributed by atoms with Gasteiger partial charge in [0.05, 0.1) is 18.6 Å². The number of piperidine rings is 1. The van der Waals surface area contributed by atoms with Crippen molar-refractivity contribution in [3.8, 4) is 5.75 Å². The fourth-order valence-corrected chi connectivity index (χ4v) is 3.77. The van der Waals surface area contributed by atoms with Crippen molar-refractivity contribution in [1.29, 1.82) is 0 Å². The summed E-state index contributed by atoms with van der Waals surface area (Å²) in [7, 11) is 1.54. The van der Waals surface area contributed by atoms with Crippen LogP contribution in [-0.4, -0.2) is 42.0 Å². The average Bonchev–Trinajstić information content (AvgIpc) is 2.73. The van der Waals surface area contributed by atoms with E-state index in [0.717, 1.165) is 32.4 Å². The number of nitrogens with zero attached hydrogens (tertiary/aromatic N) is 2. The van der Waals surface area contributed by atoms with E-state index in [-0.39, 0.29) is 23.7 Å². The number of carbonyl (C=O) groups is 2. The Bertz CT molecular complexity index is 997. The van der Waals surface area contributed by atoms with Gasteiger partial charge in [-0.05, 0) is 31.4 Å². The van der Waals surface area contributed by atoms with Crippen molar-refractivity contribution in [3.05, 3.63) is 40.2 Å². The van der Waals surface area contributed by atoms with Gasteiger partial charge in [-0.3, -0.25) is 19.4 Å². The molecule has 2 aliphatic heterocycles. The first kappa shape index (κ1) is 19.0. The number of aromatic amines is 1. The van der Waals surface area contributed by atoms with Crippen molar-refractivity contribution in [2.75, 3.05) is 35.7 Å². The predicted octanol–water partition coefficient (Wildman–Crippen LogP) is 1.83. The predicted molar refractivity (Wildman–Crippen MR) is 109 cm³/mol. The summed E-state index contributed by atoms with van der Waals surface area (Å²) < 4.78 is 5.16. The van der Waals surface area contributed by atoms with E-state index in [1.807, 2.05) is 4.90 Å². The minimum atomic E-state index is -0.920. The Morgan fingerprint density at radius 1 is 1.24 bits per heavy atom. The molecule has 2 amide bonds. The standard InChI is InChI=1S/C20H23N5O4/c1-29-13-7-5-6-12(10-13)21-18(27)14-11-15(26)22-17-16(14)19(28)24-20(23-17)25-8-3-2-4-9-25/h5-7,10,14H,2-4,8-9,11H2,1H3,(H,21,27)(H2,22,23,24,26,28). The minimum Gasteiger partial charge on any atom is -0.497 e. The van der Waals surface area contributed by atoms with E-state index >= 15 is 0 Å². The van der Waals surface area contributed by atoms with Gasteiger partial charge in [0.1, 0.15) is 11.6 Å². The summed E-state index contributed by atoms with van der Waals surface area (Å²) in [4.78, 5) is 47.2. The molecule has 1 saturated heterocycles. The minimum absolute atomic E-state index is 0.114. The molecule has 1 aromatic heterocycles. The van der Waals surface area contributed by atoms with Crippen LogP contribution in [0.3, 0.4) is 0 Å². The topological polar surface area (TPSA) is 116 Å². The van der Waals surface area contributed by atoms with E-state index in [4.69, 9.17) is 4.74 Å². The molecule has 0 aliphatic carbocycles. The second kappa shape index (κ2) is 7.94. The molecule has 1 aromatic carbocycles. The van der Waals surface area contributed by atoms with Gasteiger partial charge in [-0.25, -0.2) is 0 Å². The van der Waals surface area contributed by atoms with Crippen LogP contribution in [0.1, 0.15) is 37.2 Å². The number of methoxy groups -OCH3 is 1. The fraction of sp³-hybridized carbons (Fsp3) is 0.400. The Morgan fingerprint density at radius 3 is 2.79 bits per heavy atom. The second-order valence-corrected chi connectivity index (χ2v) is 7.23. The second-order valence-electron chi connectivity index (χ2n) is 7.23. The molecule has 9 heteroatoms. The summed E-state index contributed by atoms with van der Waals surface area (Å²) >= 11 is 0. The zero-order valence-corrected chi connectivity index (χ0v) is 16.2. The van der Waals surface area contributed by atoms with Gasteiger partial charge in [-0.1, -0.05) is 6.07 Å². The molecule has 2 aliphatic rings. The van der Waals surface area contributed by atoms with Crippen molar-refractivity contribution in [2.24, 2.45) is 0 Å². The fourth-order valence-electron chi connectivity index (χ4n) is 3.77. The average molecular weight is 397 g/mol. The molecule has 1 fully saturated rings. The zero-order chi connectivity index (χ0) is 20.4. The van der Waals surface area contributed by atoms with E-state index in [9.17, 15) is 14.4 Å². The van der Waals surface area contributed by atoms with Gasteiger partial charge in [-0.2, -0.15) is 4.98 Å². The Morgan fingerprint density at radius 2 is 2.03 bits per heavy atom. The maximum atomic E-state index is 12.9. The Hall–Kier alpha value is -3.36. The first-order chi connectivity index (χ1) is 14.0. The highest BCUT2D eigenvalue weighted by Crippen LogP contribution is 2.31. The summed E-state index contributed by atoms with van der Waals surface area (Å²) in [5.41, 5.74) is 0.309. The largest absolute Gasteiger partial charge is 0.497 e. The molecule has 0 saturated carbocycles. The molecule has 0 bridgehead atoms. The van der Waals surface area contributed by atoms with Gasteiger partial charge >= 0.3 is 0 Å². The van der Waals surface area contributed by atoms with Gasteiger partial charge in [0.25, 0.3) is 5.56 Å². The van der Waals surface area contributed by atoms with E-state index in [0.29, 0.717) is 17.4 Å². The normalized spacial score (nSPS) is 18.6. The van der Waals surface area contributed by atoms with Gasteiger partial charge in [0.15, 0.2) is 0 Å². The molecule has 2 aromatic rings. The molecule has 29 heavy (non-hydrogen) atoms. The van der Waals surface area contributed by atoms with Crippen molar-refractivity contribution >= 4 is 29.3 Å². The molecular formula is C20H23N5O4. The van der Waals surface area contributed by atoms with Crippen LogP contribution in [0.4, 0.5) is 17.5 Å². The molecule has 4 rings (SSSR count). The van der Waals surface area contributed by atoms with Crippen LogP contribution >= 0.6 is 0 Å². The van der Waals surface area contributed by atoms with Gasteiger partial charge in [0, 0.05) is 31.3 Å². The summed E-state index contributed by atoms with van der Waals surface area (Å²) in [6.07, 6.45) is 3.09. The third-order valence-electron chi connectivity index (χ3n) is 5.25. The number of amides is 2. The molecule has 0 spiro atoms. The van der Waals surface area contributed by atoms with E-state index < -0.39 is 17.4 Å². The van der Waals surface area contributed by atoms with Crippen molar-refractivity contribution in [2.45, 2.75) is 31.6 Å².